The molecule has 0 radical (unpaired) electrons. The van der Waals surface area contributed by atoms with Crippen molar-refractivity contribution < 1.29 is 19.8 Å². The van der Waals surface area contributed by atoms with Crippen LogP contribution in [0.15, 0.2) is 60.7 Å². The van der Waals surface area contributed by atoms with Crippen molar-refractivity contribution in [2.24, 2.45) is 5.92 Å². The number of aliphatic carboxylic acids is 2. The molecule has 2 aromatic rings. The Hall–Kier alpha value is -3.02. The fourth-order valence-corrected chi connectivity index (χ4v) is 1.95. The lowest BCUT2D eigenvalue weighted by molar-refractivity contribution is -0.154. The Balaban J connectivity index is 0.000000260. The van der Waals surface area contributed by atoms with Crippen LogP contribution in [-0.4, -0.2) is 22.2 Å². The van der Waals surface area contributed by atoms with Crippen LogP contribution in [0, 0.1) is 5.92 Å². The van der Waals surface area contributed by atoms with E-state index in [1.807, 2.05) is 67.6 Å². The van der Waals surface area contributed by atoms with Gasteiger partial charge in [0.05, 0.1) is 11.4 Å². The zero-order chi connectivity index (χ0) is 18.5. The standard InChI is InChI=1S/C12H12N2.C7H12O4/c1-3-7-11(8-4-1)13-14-12-9-5-2-6-10-12;1-2-3-4-5(6(8)9)7(10)11/h1-10,13-14H;5H,2-4H2,1H3,(H,8,9)(H,10,11). The number of benzene rings is 2. The summed E-state index contributed by atoms with van der Waals surface area (Å²) in [4.78, 5) is 20.5. The Morgan fingerprint density at radius 3 is 1.56 bits per heavy atom. The molecule has 4 N–H and O–H groups in total. The summed E-state index contributed by atoms with van der Waals surface area (Å²) in [6.45, 7) is 1.89. The number of carbonyl (C=O) groups is 2. The molecular formula is C19H24N2O4. The Kier molecular flexibility index (Phi) is 9.22. The van der Waals surface area contributed by atoms with Gasteiger partial charge in [0, 0.05) is 0 Å². The molecule has 0 amide bonds. The van der Waals surface area contributed by atoms with Gasteiger partial charge in [0.15, 0.2) is 5.92 Å². The van der Waals surface area contributed by atoms with Gasteiger partial charge in [-0.05, 0) is 30.7 Å². The van der Waals surface area contributed by atoms with Crippen molar-refractivity contribution in [3.05, 3.63) is 60.7 Å². The summed E-state index contributed by atoms with van der Waals surface area (Å²) in [6.07, 6.45) is 1.68. The summed E-state index contributed by atoms with van der Waals surface area (Å²) in [7, 11) is 0. The summed E-state index contributed by atoms with van der Waals surface area (Å²) in [5.41, 5.74) is 8.33. The van der Waals surface area contributed by atoms with Gasteiger partial charge < -0.3 is 21.1 Å². The first-order valence-corrected chi connectivity index (χ1v) is 8.12. The lowest BCUT2D eigenvalue weighted by Crippen LogP contribution is -2.22. The van der Waals surface area contributed by atoms with Gasteiger partial charge in [-0.3, -0.25) is 9.59 Å². The van der Waals surface area contributed by atoms with Crippen molar-refractivity contribution in [3.63, 3.8) is 0 Å². The Morgan fingerprint density at radius 2 is 1.24 bits per heavy atom. The highest BCUT2D eigenvalue weighted by atomic mass is 16.4. The van der Waals surface area contributed by atoms with E-state index >= 15 is 0 Å². The molecule has 0 aliphatic carbocycles. The van der Waals surface area contributed by atoms with E-state index in [9.17, 15) is 9.59 Å². The third-order valence-electron chi connectivity index (χ3n) is 3.34. The molecule has 2 aromatic carbocycles. The summed E-state index contributed by atoms with van der Waals surface area (Å²) in [5.74, 6) is -3.72. The Morgan fingerprint density at radius 1 is 0.840 bits per heavy atom. The highest BCUT2D eigenvalue weighted by Gasteiger charge is 2.24. The minimum absolute atomic E-state index is 0.223. The Labute approximate surface area is 147 Å². The van der Waals surface area contributed by atoms with Crippen LogP contribution in [-0.2, 0) is 9.59 Å². The molecule has 6 nitrogen and oxygen atoms in total. The van der Waals surface area contributed by atoms with Crippen molar-refractivity contribution >= 4 is 23.3 Å². The third-order valence-corrected chi connectivity index (χ3v) is 3.34. The van der Waals surface area contributed by atoms with Crippen LogP contribution < -0.4 is 10.9 Å². The van der Waals surface area contributed by atoms with Crippen molar-refractivity contribution in [2.45, 2.75) is 26.2 Å². The number of para-hydroxylation sites is 2. The van der Waals surface area contributed by atoms with Gasteiger partial charge in [0.1, 0.15) is 0 Å². The zero-order valence-electron chi connectivity index (χ0n) is 14.2. The van der Waals surface area contributed by atoms with E-state index in [1.165, 1.54) is 0 Å². The smallest absolute Gasteiger partial charge is 0.317 e. The van der Waals surface area contributed by atoms with Gasteiger partial charge in [0.2, 0.25) is 0 Å². The van der Waals surface area contributed by atoms with E-state index in [0.29, 0.717) is 6.42 Å². The molecular weight excluding hydrogens is 320 g/mol. The molecule has 0 aliphatic rings. The summed E-state index contributed by atoms with van der Waals surface area (Å²) >= 11 is 0. The molecule has 0 bridgehead atoms. The lowest BCUT2D eigenvalue weighted by atomic mass is 10.0. The molecule has 134 valence electrons. The summed E-state index contributed by atoms with van der Waals surface area (Å²) in [5, 5.41) is 16.8. The van der Waals surface area contributed by atoms with E-state index in [2.05, 4.69) is 10.9 Å². The van der Waals surface area contributed by atoms with Crippen LogP contribution in [0.3, 0.4) is 0 Å². The normalized spacial score (nSPS) is 9.68. The molecule has 0 saturated heterocycles. The van der Waals surface area contributed by atoms with Crippen LogP contribution in [0.2, 0.25) is 0 Å². The second kappa shape index (κ2) is 11.5. The number of hydrogen-bond donors (Lipinski definition) is 4. The van der Waals surface area contributed by atoms with E-state index in [1.54, 1.807) is 0 Å². The van der Waals surface area contributed by atoms with Crippen molar-refractivity contribution in [1.29, 1.82) is 0 Å². The average Bonchev–Trinajstić information content (AvgIpc) is 2.62. The van der Waals surface area contributed by atoms with Crippen LogP contribution >= 0.6 is 0 Å². The molecule has 0 spiro atoms. The predicted molar refractivity (Wildman–Crippen MR) is 98.4 cm³/mol. The predicted octanol–water partition coefficient (Wildman–Crippen LogP) is 4.09. The number of carboxylic acid groups (broad SMARTS) is 2. The number of nitrogens with one attached hydrogen (secondary N) is 2. The molecule has 0 aromatic heterocycles. The SMILES string of the molecule is CCCCC(C(=O)O)C(=O)O.c1ccc(NNc2ccccc2)cc1. The molecule has 0 heterocycles. The number of unbranched alkanes of at least 4 members (excludes halogenated alkanes) is 1. The number of hydrogen-bond acceptors (Lipinski definition) is 4. The number of rotatable bonds is 8. The van der Waals surface area contributed by atoms with Gasteiger partial charge in [0.25, 0.3) is 0 Å². The van der Waals surface area contributed by atoms with E-state index < -0.39 is 17.9 Å². The fraction of sp³-hybridized carbons (Fsp3) is 0.263. The fourth-order valence-electron chi connectivity index (χ4n) is 1.95. The minimum atomic E-state index is -1.24. The second-order valence-corrected chi connectivity index (χ2v) is 5.35. The first-order chi connectivity index (χ1) is 12.0. The highest BCUT2D eigenvalue weighted by Crippen LogP contribution is 2.09. The molecule has 2 rings (SSSR count). The monoisotopic (exact) mass is 344 g/mol. The van der Waals surface area contributed by atoms with E-state index in [4.69, 9.17) is 10.2 Å². The molecule has 0 fully saturated rings. The van der Waals surface area contributed by atoms with Crippen LogP contribution in [0.5, 0.6) is 0 Å². The van der Waals surface area contributed by atoms with Gasteiger partial charge in [-0.1, -0.05) is 56.2 Å². The zero-order valence-corrected chi connectivity index (χ0v) is 14.2. The third kappa shape index (κ3) is 8.41. The largest absolute Gasteiger partial charge is 0.481 e. The molecule has 25 heavy (non-hydrogen) atoms. The molecule has 0 unspecified atom stereocenters. The molecule has 0 aliphatic heterocycles. The molecule has 6 heteroatoms. The van der Waals surface area contributed by atoms with Crippen LogP contribution in [0.25, 0.3) is 0 Å². The maximum atomic E-state index is 10.3. The van der Waals surface area contributed by atoms with E-state index in [-0.39, 0.29) is 6.42 Å². The number of carboxylic acids is 2. The van der Waals surface area contributed by atoms with Gasteiger partial charge in [-0.2, -0.15) is 0 Å². The van der Waals surface area contributed by atoms with Crippen LogP contribution in [0.1, 0.15) is 26.2 Å². The van der Waals surface area contributed by atoms with Crippen molar-refractivity contribution in [2.75, 3.05) is 10.9 Å². The van der Waals surface area contributed by atoms with Gasteiger partial charge in [-0.15, -0.1) is 0 Å². The molecule has 0 saturated carbocycles. The summed E-state index contributed by atoms with van der Waals surface area (Å²) in [6, 6.07) is 20.0. The topological polar surface area (TPSA) is 98.7 Å². The van der Waals surface area contributed by atoms with Gasteiger partial charge in [-0.25, -0.2) is 0 Å². The lowest BCUT2D eigenvalue weighted by Gasteiger charge is -2.08. The quantitative estimate of drug-likeness (QED) is 0.425. The van der Waals surface area contributed by atoms with E-state index in [0.717, 1.165) is 17.8 Å². The maximum absolute atomic E-state index is 10.3. The summed E-state index contributed by atoms with van der Waals surface area (Å²) < 4.78 is 0. The van der Waals surface area contributed by atoms with Crippen LogP contribution in [0.4, 0.5) is 11.4 Å². The highest BCUT2D eigenvalue weighted by molar-refractivity contribution is 5.92. The van der Waals surface area contributed by atoms with Gasteiger partial charge >= 0.3 is 11.9 Å². The van der Waals surface area contributed by atoms with Crippen molar-refractivity contribution in [1.82, 2.24) is 0 Å². The second-order valence-electron chi connectivity index (χ2n) is 5.35. The maximum Gasteiger partial charge on any atom is 0.317 e. The molecule has 0 atom stereocenters. The average molecular weight is 344 g/mol. The minimum Gasteiger partial charge on any atom is -0.481 e. The number of hydrazine groups is 1. The van der Waals surface area contributed by atoms with Crippen molar-refractivity contribution in [3.8, 4) is 0 Å². The first kappa shape index (κ1) is 20.0. The number of anilines is 2. The Bertz CT molecular complexity index is 579. The first-order valence-electron chi connectivity index (χ1n) is 8.12.